The minimum atomic E-state index is 0.777. The number of ether oxygens (including phenoxy) is 1. The molecular formula is C22H22N4O. The highest BCUT2D eigenvalue weighted by Gasteiger charge is 2.26. The molecule has 0 amide bonds. The van der Waals surface area contributed by atoms with Crippen molar-refractivity contribution in [3.05, 3.63) is 89.5 Å². The number of amidine groups is 1. The Hall–Kier alpha value is -3.47. The molecule has 0 atom stereocenters. The van der Waals surface area contributed by atoms with Crippen LogP contribution in [0.2, 0.25) is 0 Å². The van der Waals surface area contributed by atoms with Crippen molar-refractivity contribution < 1.29 is 4.74 Å². The summed E-state index contributed by atoms with van der Waals surface area (Å²) in [5.41, 5.74) is 8.83. The first-order valence-electron chi connectivity index (χ1n) is 8.87. The number of hydrogen-bond acceptors (Lipinski definition) is 5. The van der Waals surface area contributed by atoms with E-state index in [0.29, 0.717) is 0 Å². The molecule has 1 heterocycles. The van der Waals surface area contributed by atoms with Crippen LogP contribution in [-0.4, -0.2) is 12.9 Å². The van der Waals surface area contributed by atoms with Crippen LogP contribution in [0.4, 0.5) is 11.4 Å². The number of hydrogen-bond donors (Lipinski definition) is 1. The van der Waals surface area contributed by atoms with Gasteiger partial charge in [0.2, 0.25) is 0 Å². The van der Waals surface area contributed by atoms with Crippen LogP contribution in [0.3, 0.4) is 0 Å². The second-order valence-corrected chi connectivity index (χ2v) is 6.56. The van der Waals surface area contributed by atoms with Crippen molar-refractivity contribution in [3.63, 3.8) is 0 Å². The zero-order chi connectivity index (χ0) is 18.8. The van der Waals surface area contributed by atoms with Crippen LogP contribution in [0.1, 0.15) is 16.7 Å². The van der Waals surface area contributed by atoms with Crippen molar-refractivity contribution in [2.75, 3.05) is 17.3 Å². The number of hydrazone groups is 1. The Morgan fingerprint density at radius 2 is 1.30 bits per heavy atom. The van der Waals surface area contributed by atoms with Gasteiger partial charge in [-0.05, 0) is 62.4 Å². The zero-order valence-electron chi connectivity index (χ0n) is 15.7. The van der Waals surface area contributed by atoms with Gasteiger partial charge in [0.15, 0.2) is 5.84 Å². The third kappa shape index (κ3) is 3.44. The normalized spacial score (nSPS) is 13.4. The number of aryl methyl sites for hydroxylation is 2. The van der Waals surface area contributed by atoms with Crippen LogP contribution >= 0.6 is 0 Å². The minimum Gasteiger partial charge on any atom is -0.497 e. The van der Waals surface area contributed by atoms with Crippen molar-refractivity contribution in [2.45, 2.75) is 13.8 Å². The van der Waals surface area contributed by atoms with Crippen LogP contribution < -0.4 is 20.4 Å². The van der Waals surface area contributed by atoms with Crippen molar-refractivity contribution in [1.82, 2.24) is 5.43 Å². The van der Waals surface area contributed by atoms with Gasteiger partial charge in [-0.15, -0.1) is 5.10 Å². The largest absolute Gasteiger partial charge is 0.497 e. The van der Waals surface area contributed by atoms with E-state index >= 15 is 0 Å². The first kappa shape index (κ1) is 17.0. The SMILES string of the molecule is COc1ccc(C2=NN(c3ccc(C)cc3)N(c3ccc(C)cc3)N2)cc1. The minimum absolute atomic E-state index is 0.777. The molecule has 0 unspecified atom stereocenters. The molecule has 0 radical (unpaired) electrons. The number of hydrazine groups is 2. The Morgan fingerprint density at radius 3 is 1.85 bits per heavy atom. The molecule has 136 valence electrons. The molecule has 0 saturated carbocycles. The molecule has 1 aliphatic rings. The lowest BCUT2D eigenvalue weighted by Gasteiger charge is -2.28. The third-order valence-corrected chi connectivity index (χ3v) is 4.50. The Balaban J connectivity index is 1.72. The molecule has 5 heteroatoms. The summed E-state index contributed by atoms with van der Waals surface area (Å²) in [6, 6.07) is 24.5. The quantitative estimate of drug-likeness (QED) is 0.749. The topological polar surface area (TPSA) is 40.1 Å². The van der Waals surface area contributed by atoms with Crippen molar-refractivity contribution in [1.29, 1.82) is 0 Å². The summed E-state index contributed by atoms with van der Waals surface area (Å²) in [5, 5.41) is 8.64. The van der Waals surface area contributed by atoms with Gasteiger partial charge in [-0.25, -0.2) is 0 Å². The molecule has 4 rings (SSSR count). The number of nitrogens with one attached hydrogen (secondary N) is 1. The highest BCUT2D eigenvalue weighted by atomic mass is 16.5. The van der Waals surface area contributed by atoms with E-state index in [2.05, 4.69) is 67.8 Å². The summed E-state index contributed by atoms with van der Waals surface area (Å²) in [6.07, 6.45) is 0. The average Bonchev–Trinajstić information content (AvgIpc) is 3.14. The van der Waals surface area contributed by atoms with E-state index in [1.54, 1.807) is 7.11 Å². The first-order valence-corrected chi connectivity index (χ1v) is 8.87. The monoisotopic (exact) mass is 358 g/mol. The van der Waals surface area contributed by atoms with E-state index in [-0.39, 0.29) is 0 Å². The lowest BCUT2D eigenvalue weighted by molar-refractivity contribution is 0.415. The Labute approximate surface area is 159 Å². The summed E-state index contributed by atoms with van der Waals surface area (Å²) in [7, 11) is 1.67. The number of anilines is 2. The van der Waals surface area contributed by atoms with Crippen molar-refractivity contribution in [2.24, 2.45) is 5.10 Å². The maximum atomic E-state index is 5.25. The van der Waals surface area contributed by atoms with Gasteiger partial charge in [0, 0.05) is 5.56 Å². The standard InChI is InChI=1S/C22H22N4O/c1-16-4-10-19(11-5-16)25-23-22(18-8-14-21(27-3)15-9-18)24-26(25)20-12-6-17(2)7-13-20/h4-15H,1-3H3,(H,23,24). The fourth-order valence-corrected chi connectivity index (χ4v) is 2.89. The van der Waals surface area contributed by atoms with Crippen LogP contribution in [0.5, 0.6) is 5.75 Å². The molecule has 1 N–H and O–H groups in total. The van der Waals surface area contributed by atoms with Gasteiger partial charge in [0.1, 0.15) is 5.75 Å². The molecule has 3 aromatic carbocycles. The van der Waals surface area contributed by atoms with Gasteiger partial charge in [-0.1, -0.05) is 35.4 Å². The molecule has 0 spiro atoms. The number of nitrogens with zero attached hydrogens (tertiary/aromatic N) is 3. The Kier molecular flexibility index (Phi) is 4.42. The summed E-state index contributed by atoms with van der Waals surface area (Å²) < 4.78 is 5.25. The van der Waals surface area contributed by atoms with Crippen molar-refractivity contribution >= 4 is 17.2 Å². The molecule has 27 heavy (non-hydrogen) atoms. The fourth-order valence-electron chi connectivity index (χ4n) is 2.89. The third-order valence-electron chi connectivity index (χ3n) is 4.50. The van der Waals surface area contributed by atoms with Gasteiger partial charge in [-0.2, -0.15) is 10.2 Å². The smallest absolute Gasteiger partial charge is 0.176 e. The van der Waals surface area contributed by atoms with Gasteiger partial charge in [-0.3, -0.25) is 5.43 Å². The molecule has 0 bridgehead atoms. The van der Waals surface area contributed by atoms with Crippen LogP contribution in [-0.2, 0) is 0 Å². The summed E-state index contributed by atoms with van der Waals surface area (Å²) in [5.74, 6) is 1.60. The highest BCUT2D eigenvalue weighted by Crippen LogP contribution is 2.26. The summed E-state index contributed by atoms with van der Waals surface area (Å²) >= 11 is 0. The van der Waals surface area contributed by atoms with Gasteiger partial charge >= 0.3 is 0 Å². The molecule has 0 fully saturated rings. The molecule has 0 saturated heterocycles. The lowest BCUT2D eigenvalue weighted by atomic mass is 10.2. The van der Waals surface area contributed by atoms with E-state index in [1.807, 2.05) is 34.5 Å². The maximum Gasteiger partial charge on any atom is 0.176 e. The molecular weight excluding hydrogens is 336 g/mol. The van der Waals surface area contributed by atoms with Crippen LogP contribution in [0.15, 0.2) is 77.9 Å². The first-order chi connectivity index (χ1) is 13.1. The lowest BCUT2D eigenvalue weighted by Crippen LogP contribution is -2.44. The Morgan fingerprint density at radius 1 is 0.741 bits per heavy atom. The fraction of sp³-hybridized carbons (Fsp3) is 0.136. The molecule has 5 nitrogen and oxygen atoms in total. The molecule has 0 aromatic heterocycles. The number of rotatable bonds is 4. The Bertz CT molecular complexity index is 947. The van der Waals surface area contributed by atoms with E-state index < -0.39 is 0 Å². The van der Waals surface area contributed by atoms with E-state index in [4.69, 9.17) is 9.84 Å². The summed E-state index contributed by atoms with van der Waals surface area (Å²) in [6.45, 7) is 4.16. The molecule has 1 aliphatic heterocycles. The molecule has 3 aromatic rings. The summed E-state index contributed by atoms with van der Waals surface area (Å²) in [4.78, 5) is 0. The van der Waals surface area contributed by atoms with E-state index in [9.17, 15) is 0 Å². The number of methoxy groups -OCH3 is 1. The van der Waals surface area contributed by atoms with Crippen LogP contribution in [0, 0.1) is 13.8 Å². The van der Waals surface area contributed by atoms with Crippen molar-refractivity contribution in [3.8, 4) is 5.75 Å². The second kappa shape index (κ2) is 7.03. The predicted molar refractivity (Wildman–Crippen MR) is 110 cm³/mol. The zero-order valence-corrected chi connectivity index (χ0v) is 15.7. The molecule has 0 aliphatic carbocycles. The predicted octanol–water partition coefficient (Wildman–Crippen LogP) is 4.42. The maximum absolute atomic E-state index is 5.25. The van der Waals surface area contributed by atoms with Crippen LogP contribution in [0.25, 0.3) is 0 Å². The highest BCUT2D eigenvalue weighted by molar-refractivity contribution is 6.02. The average molecular weight is 358 g/mol. The number of benzene rings is 3. The van der Waals surface area contributed by atoms with E-state index in [1.165, 1.54) is 11.1 Å². The van der Waals surface area contributed by atoms with Gasteiger partial charge < -0.3 is 4.74 Å². The van der Waals surface area contributed by atoms with E-state index in [0.717, 1.165) is 28.5 Å². The van der Waals surface area contributed by atoms with Gasteiger partial charge in [0.25, 0.3) is 0 Å². The second-order valence-electron chi connectivity index (χ2n) is 6.56. The van der Waals surface area contributed by atoms with Gasteiger partial charge in [0.05, 0.1) is 18.5 Å².